The Kier molecular flexibility index (Phi) is 4.59. The van der Waals surface area contributed by atoms with Crippen molar-refractivity contribution in [1.29, 1.82) is 0 Å². The Morgan fingerprint density at radius 3 is 2.46 bits per heavy atom. The van der Waals surface area contributed by atoms with Crippen LogP contribution in [0, 0.1) is 0 Å². The number of ether oxygens (including phenoxy) is 1. The van der Waals surface area contributed by atoms with E-state index in [4.69, 9.17) is 9.57 Å². The Labute approximate surface area is 137 Å². The van der Waals surface area contributed by atoms with E-state index in [-0.39, 0.29) is 24.0 Å². The molecule has 0 saturated heterocycles. The third-order valence-electron chi connectivity index (χ3n) is 3.32. The molecule has 0 fully saturated rings. The van der Waals surface area contributed by atoms with Gasteiger partial charge in [-0.15, -0.1) is 5.10 Å². The molecule has 1 aliphatic rings. The molecule has 0 amide bonds. The van der Waals surface area contributed by atoms with Gasteiger partial charge in [0.15, 0.2) is 14.9 Å². The van der Waals surface area contributed by atoms with Gasteiger partial charge in [-0.05, 0) is 20.8 Å². The molecule has 11 heteroatoms. The van der Waals surface area contributed by atoms with Crippen LogP contribution in [0.15, 0.2) is 5.16 Å². The minimum atomic E-state index is -4.77. The lowest BCUT2D eigenvalue weighted by Gasteiger charge is -2.13. The first-order valence-electron chi connectivity index (χ1n) is 7.11. The number of aryl methyl sites for hydroxylation is 1. The lowest BCUT2D eigenvalue weighted by Crippen LogP contribution is -2.24. The zero-order chi connectivity index (χ0) is 18.3. The minimum Gasteiger partial charge on any atom is -0.477 e. The summed E-state index contributed by atoms with van der Waals surface area (Å²) in [7, 11) is -3.02. The monoisotopic (exact) mass is 369 g/mol. The zero-order valence-corrected chi connectivity index (χ0v) is 14.5. The van der Waals surface area contributed by atoms with Crippen molar-refractivity contribution in [3.63, 3.8) is 0 Å². The van der Waals surface area contributed by atoms with Crippen LogP contribution in [-0.2, 0) is 33.7 Å². The van der Waals surface area contributed by atoms with Crippen molar-refractivity contribution in [3.05, 3.63) is 11.3 Å². The molecule has 1 aromatic heterocycles. The molecule has 0 bridgehead atoms. The van der Waals surface area contributed by atoms with Crippen LogP contribution in [0.3, 0.4) is 0 Å². The van der Waals surface area contributed by atoms with Crippen LogP contribution in [0.4, 0.5) is 13.2 Å². The van der Waals surface area contributed by atoms with Crippen molar-refractivity contribution in [3.8, 4) is 5.88 Å². The Morgan fingerprint density at radius 1 is 1.38 bits per heavy atom. The van der Waals surface area contributed by atoms with E-state index < -0.39 is 38.6 Å². The number of alkyl halides is 3. The van der Waals surface area contributed by atoms with Crippen LogP contribution >= 0.6 is 0 Å². The first kappa shape index (κ1) is 18.6. The molecule has 24 heavy (non-hydrogen) atoms. The molecule has 2 heterocycles. The second-order valence-corrected chi connectivity index (χ2v) is 7.95. The number of oxime groups is 1. The van der Waals surface area contributed by atoms with Crippen molar-refractivity contribution < 1.29 is 31.2 Å². The maximum absolute atomic E-state index is 13.3. The highest BCUT2D eigenvalue weighted by Crippen LogP contribution is 2.37. The van der Waals surface area contributed by atoms with Crippen LogP contribution in [0.2, 0.25) is 0 Å². The van der Waals surface area contributed by atoms with Gasteiger partial charge in [0.25, 0.3) is 0 Å². The molecule has 1 aromatic rings. The molecule has 0 aromatic carbocycles. The number of halogens is 3. The van der Waals surface area contributed by atoms with Gasteiger partial charge in [-0.25, -0.2) is 8.42 Å². The van der Waals surface area contributed by atoms with E-state index in [1.807, 2.05) is 0 Å². The number of hydrogen-bond donors (Lipinski definition) is 0. The van der Waals surface area contributed by atoms with Crippen LogP contribution in [0.1, 0.15) is 38.4 Å². The van der Waals surface area contributed by atoms with Crippen molar-refractivity contribution >= 4 is 14.9 Å². The Hall–Kier alpha value is -1.78. The van der Waals surface area contributed by atoms with Gasteiger partial charge in [-0.2, -0.15) is 13.2 Å². The van der Waals surface area contributed by atoms with Crippen LogP contribution < -0.4 is 4.74 Å². The lowest BCUT2D eigenvalue weighted by molar-refractivity contribution is -0.144. The van der Waals surface area contributed by atoms with Crippen LogP contribution in [0.25, 0.3) is 0 Å². The van der Waals surface area contributed by atoms with E-state index in [1.54, 1.807) is 20.8 Å². The highest BCUT2D eigenvalue weighted by Gasteiger charge is 2.43. The first-order valence-corrected chi connectivity index (χ1v) is 8.76. The van der Waals surface area contributed by atoms with E-state index in [1.165, 1.54) is 0 Å². The summed E-state index contributed by atoms with van der Waals surface area (Å²) < 4.78 is 70.4. The average Bonchev–Trinajstić information content (AvgIpc) is 2.90. The summed E-state index contributed by atoms with van der Waals surface area (Å²) in [6.07, 6.45) is -4.78. The third-order valence-corrected chi connectivity index (χ3v) is 4.93. The molecular formula is C13H18F3N3O4S. The topological polar surface area (TPSA) is 82.8 Å². The van der Waals surface area contributed by atoms with Gasteiger partial charge in [0, 0.05) is 13.5 Å². The van der Waals surface area contributed by atoms with Gasteiger partial charge in [0.05, 0.1) is 17.9 Å². The highest BCUT2D eigenvalue weighted by atomic mass is 32.2. The summed E-state index contributed by atoms with van der Waals surface area (Å²) >= 11 is 0. The normalized spacial score (nSPS) is 17.5. The lowest BCUT2D eigenvalue weighted by atomic mass is 10.1. The summed E-state index contributed by atoms with van der Waals surface area (Å²) in [6, 6.07) is 0. The van der Waals surface area contributed by atoms with E-state index in [2.05, 4.69) is 10.3 Å². The molecule has 0 atom stereocenters. The van der Waals surface area contributed by atoms with E-state index in [0.29, 0.717) is 4.68 Å². The number of rotatable bonds is 4. The molecule has 0 spiro atoms. The standard InChI is InChI=1S/C13H18F3N3O4S/c1-5-22-11-8(10(13(14,15)16)19(4)17-11)7-24(20,21)9-6-12(2,3)23-18-9/h5-7H2,1-4H3. The third kappa shape index (κ3) is 3.65. The number of hydrogen-bond acceptors (Lipinski definition) is 6. The van der Waals surface area contributed by atoms with Gasteiger partial charge in [0.2, 0.25) is 5.88 Å². The highest BCUT2D eigenvalue weighted by molar-refractivity contribution is 8.05. The van der Waals surface area contributed by atoms with Crippen molar-refractivity contribution in [2.24, 2.45) is 12.2 Å². The molecule has 1 aliphatic heterocycles. The minimum absolute atomic E-state index is 0.0130. The average molecular weight is 369 g/mol. The van der Waals surface area contributed by atoms with Crippen molar-refractivity contribution in [1.82, 2.24) is 9.78 Å². The Bertz CT molecular complexity index is 766. The summed E-state index contributed by atoms with van der Waals surface area (Å²) in [5.74, 6) is -1.27. The van der Waals surface area contributed by atoms with Crippen molar-refractivity contribution in [2.45, 2.75) is 44.7 Å². The molecule has 0 unspecified atom stereocenters. The van der Waals surface area contributed by atoms with E-state index >= 15 is 0 Å². The number of sulfone groups is 1. The molecule has 0 N–H and O–H groups in total. The Morgan fingerprint density at radius 2 is 2.00 bits per heavy atom. The summed E-state index contributed by atoms with van der Waals surface area (Å²) in [4.78, 5) is 4.99. The SMILES string of the molecule is CCOc1nn(C)c(C(F)(F)F)c1CS(=O)(=O)C1=NOC(C)(C)C1. The maximum atomic E-state index is 13.3. The van der Waals surface area contributed by atoms with Crippen molar-refractivity contribution in [2.75, 3.05) is 6.61 Å². The summed E-state index contributed by atoms with van der Waals surface area (Å²) in [6.45, 7) is 4.89. The van der Waals surface area contributed by atoms with Gasteiger partial charge >= 0.3 is 6.18 Å². The van der Waals surface area contributed by atoms with Gasteiger partial charge in [0.1, 0.15) is 11.3 Å². The number of nitrogens with zero attached hydrogens (tertiary/aromatic N) is 3. The second kappa shape index (κ2) is 5.94. The Balaban J connectivity index is 2.45. The second-order valence-electron chi connectivity index (χ2n) is 5.96. The zero-order valence-electron chi connectivity index (χ0n) is 13.6. The smallest absolute Gasteiger partial charge is 0.433 e. The number of aromatic nitrogens is 2. The fourth-order valence-electron chi connectivity index (χ4n) is 2.32. The maximum Gasteiger partial charge on any atom is 0.433 e. The molecule has 2 rings (SSSR count). The predicted molar refractivity (Wildman–Crippen MR) is 79.2 cm³/mol. The first-order chi connectivity index (χ1) is 10.9. The predicted octanol–water partition coefficient (Wildman–Crippen LogP) is 2.26. The molecular weight excluding hydrogens is 351 g/mol. The molecule has 0 saturated carbocycles. The van der Waals surface area contributed by atoms with Crippen LogP contribution in [0.5, 0.6) is 5.88 Å². The molecule has 0 radical (unpaired) electrons. The van der Waals surface area contributed by atoms with E-state index in [0.717, 1.165) is 7.05 Å². The van der Waals surface area contributed by atoms with Gasteiger partial charge in [-0.3, -0.25) is 4.68 Å². The van der Waals surface area contributed by atoms with Crippen LogP contribution in [-0.4, -0.2) is 35.4 Å². The van der Waals surface area contributed by atoms with Gasteiger partial charge < -0.3 is 9.57 Å². The molecule has 0 aliphatic carbocycles. The summed E-state index contributed by atoms with van der Waals surface area (Å²) in [5.41, 5.74) is -2.50. The van der Waals surface area contributed by atoms with E-state index in [9.17, 15) is 21.6 Å². The van der Waals surface area contributed by atoms with Gasteiger partial charge in [-0.1, -0.05) is 5.16 Å². The largest absolute Gasteiger partial charge is 0.477 e. The quantitative estimate of drug-likeness (QED) is 0.813. The summed E-state index contributed by atoms with van der Waals surface area (Å²) in [5, 5.41) is 6.87. The molecule has 7 nitrogen and oxygen atoms in total. The fraction of sp³-hybridized carbons (Fsp3) is 0.692. The fourth-order valence-corrected chi connectivity index (χ4v) is 3.85. The molecule has 136 valence electrons.